The van der Waals surface area contributed by atoms with Crippen molar-refractivity contribution < 1.29 is 45.3 Å². The van der Waals surface area contributed by atoms with Crippen LogP contribution in [0.4, 0.5) is 4.79 Å². The fourth-order valence-electron chi connectivity index (χ4n) is 0. The molecule has 0 unspecified atom stereocenters. The Morgan fingerprint density at radius 1 is 1.80 bits per heavy atom. The molecule has 0 spiro atoms. The number of hydrogen-bond donors (Lipinski definition) is 1. The Morgan fingerprint density at radius 3 is 1.80 bits per heavy atom. The van der Waals surface area contributed by atoms with Crippen molar-refractivity contribution in [1.82, 2.24) is 0 Å². The van der Waals surface area contributed by atoms with Gasteiger partial charge in [-0.1, -0.05) is 0 Å². The van der Waals surface area contributed by atoms with Crippen LogP contribution in [0.5, 0.6) is 0 Å². The van der Waals surface area contributed by atoms with Crippen molar-refractivity contribution in [3.63, 3.8) is 0 Å². The first-order valence-corrected chi connectivity index (χ1v) is 2.26. The standard InChI is InChI=1S/CHO2.Fe.Zn/c2-1-3;;/h(H,2,3);;. The Hall–Kier alpha value is 0.613. The van der Waals surface area contributed by atoms with Crippen LogP contribution in [0.3, 0.4) is 0 Å². The summed E-state index contributed by atoms with van der Waals surface area (Å²) >= 11 is 0.347. The van der Waals surface area contributed by atoms with Gasteiger partial charge in [-0.25, -0.2) is 0 Å². The van der Waals surface area contributed by atoms with Gasteiger partial charge in [-0.05, 0) is 0 Å². The summed E-state index contributed by atoms with van der Waals surface area (Å²) in [4.78, 5) is 9.06. The SMILES string of the molecule is O=[C](O)[Zn].[Fe]. The molecule has 0 bridgehead atoms. The van der Waals surface area contributed by atoms with Crippen molar-refractivity contribution in [2.45, 2.75) is 0 Å². The average Bonchev–Trinajstić information content (AvgIpc) is 0.811. The Bertz CT molecular complexity index is 32.6. The van der Waals surface area contributed by atoms with E-state index in [0.29, 0.717) is 18.3 Å². The first kappa shape index (κ1) is 9.15. The second kappa shape index (κ2) is 4.61. The van der Waals surface area contributed by atoms with Gasteiger partial charge in [0.2, 0.25) is 0 Å². The smallest absolute Gasteiger partial charge is 0 e. The summed E-state index contributed by atoms with van der Waals surface area (Å²) in [6.07, 6.45) is 0. The molecule has 0 heterocycles. The molecule has 5 heavy (non-hydrogen) atoms. The van der Waals surface area contributed by atoms with E-state index in [1.54, 1.807) is 0 Å². The summed E-state index contributed by atoms with van der Waals surface area (Å²) in [5.74, 6) is 0. The Morgan fingerprint density at radius 2 is 1.80 bits per heavy atom. The molecule has 0 aliphatic rings. The minimum absolute atomic E-state index is 0. The van der Waals surface area contributed by atoms with Gasteiger partial charge in [0.15, 0.2) is 0 Å². The quantitative estimate of drug-likeness (QED) is 0.522. The van der Waals surface area contributed by atoms with Crippen molar-refractivity contribution in [2.75, 3.05) is 0 Å². The first-order valence-electron chi connectivity index (χ1n) is 0.781. The van der Waals surface area contributed by atoms with Gasteiger partial charge in [0, 0.05) is 17.1 Å². The maximum atomic E-state index is 9.06. The van der Waals surface area contributed by atoms with E-state index in [4.69, 9.17) is 9.90 Å². The summed E-state index contributed by atoms with van der Waals surface area (Å²) in [6.45, 7) is 0. The molecule has 27 valence electrons. The number of rotatable bonds is 0. The van der Waals surface area contributed by atoms with Crippen LogP contribution < -0.4 is 0 Å². The maximum absolute atomic E-state index is 9.06. The summed E-state index contributed by atoms with van der Waals surface area (Å²) < 4.78 is -0.708. The number of hydrogen-bond acceptors (Lipinski definition) is 1. The Balaban J connectivity index is 0. The van der Waals surface area contributed by atoms with Crippen LogP contribution in [0.2, 0.25) is 0 Å². The molecule has 0 amide bonds. The summed E-state index contributed by atoms with van der Waals surface area (Å²) in [6, 6.07) is 0. The van der Waals surface area contributed by atoms with E-state index in [9.17, 15) is 0 Å². The van der Waals surface area contributed by atoms with Gasteiger partial charge in [-0.3, -0.25) is 0 Å². The van der Waals surface area contributed by atoms with Gasteiger partial charge in [0.25, 0.3) is 0 Å². The summed E-state index contributed by atoms with van der Waals surface area (Å²) in [5, 5.41) is 7.47. The van der Waals surface area contributed by atoms with Crippen LogP contribution in [-0.4, -0.2) is 9.67 Å². The van der Waals surface area contributed by atoms with Crippen molar-refractivity contribution in [2.24, 2.45) is 0 Å². The molecule has 2 nitrogen and oxygen atoms in total. The molecule has 4 heteroatoms. The van der Waals surface area contributed by atoms with E-state index in [1.165, 1.54) is 0 Å². The molecule has 0 aliphatic heterocycles. The van der Waals surface area contributed by atoms with Gasteiger partial charge in [0.05, 0.1) is 0 Å². The zero-order valence-corrected chi connectivity index (χ0v) is 6.49. The van der Waals surface area contributed by atoms with Crippen molar-refractivity contribution in [1.29, 1.82) is 0 Å². The maximum Gasteiger partial charge on any atom is 0 e. The second-order valence-corrected chi connectivity index (χ2v) is 1.66. The molecule has 0 aromatic rings. The average molecular weight is 166 g/mol. The van der Waals surface area contributed by atoms with Gasteiger partial charge < -0.3 is 0 Å². The minimum atomic E-state index is -0.708. The monoisotopic (exact) mass is 165 g/mol. The van der Waals surface area contributed by atoms with Crippen molar-refractivity contribution in [3.05, 3.63) is 0 Å². The number of carboxylic acid groups (broad SMARTS) is 1. The third-order valence-electron chi connectivity index (χ3n) is 0. The molecule has 0 saturated heterocycles. The third kappa shape index (κ3) is 83.8. The zero-order valence-electron chi connectivity index (χ0n) is 2.42. The zero-order chi connectivity index (χ0) is 3.58. The molecule has 1 N–H and O–H groups in total. The van der Waals surface area contributed by atoms with Gasteiger partial charge >= 0.3 is 32.8 Å². The van der Waals surface area contributed by atoms with Crippen LogP contribution >= 0.6 is 0 Å². The first-order chi connectivity index (χ1) is 1.73. The molecule has 0 aliphatic carbocycles. The normalized spacial score (nSPS) is 5.20. The van der Waals surface area contributed by atoms with E-state index < -0.39 is 4.56 Å². The van der Waals surface area contributed by atoms with Crippen LogP contribution in [0.15, 0.2) is 0 Å². The van der Waals surface area contributed by atoms with E-state index in [-0.39, 0.29) is 17.1 Å². The Kier molecular flexibility index (Phi) is 8.44. The molecule has 0 radical (unpaired) electrons. The van der Waals surface area contributed by atoms with Crippen molar-refractivity contribution >= 4 is 4.56 Å². The molecule has 0 fully saturated rings. The van der Waals surface area contributed by atoms with E-state index >= 15 is 0 Å². The fourth-order valence-corrected chi connectivity index (χ4v) is 0. The van der Waals surface area contributed by atoms with Gasteiger partial charge in [-0.2, -0.15) is 0 Å². The fraction of sp³-hybridized carbons (Fsp3) is 0. The molecule has 0 rings (SSSR count). The van der Waals surface area contributed by atoms with Crippen LogP contribution in [-0.2, 0) is 35.4 Å². The third-order valence-corrected chi connectivity index (χ3v) is 0. The predicted molar refractivity (Wildman–Crippen MR) is 8.02 cm³/mol. The van der Waals surface area contributed by atoms with E-state index in [1.807, 2.05) is 0 Å². The number of carbonyl (C=O) groups is 1. The summed E-state index contributed by atoms with van der Waals surface area (Å²) in [7, 11) is 0. The summed E-state index contributed by atoms with van der Waals surface area (Å²) in [5.41, 5.74) is 0. The Labute approximate surface area is 50.1 Å². The molecular weight excluding hydrogens is 165 g/mol. The second-order valence-electron chi connectivity index (χ2n) is 0.394. The van der Waals surface area contributed by atoms with Crippen LogP contribution in [0, 0.1) is 0 Å². The molecule has 0 aromatic carbocycles. The minimum Gasteiger partial charge on any atom is 0 e. The molecule has 0 aromatic heterocycles. The van der Waals surface area contributed by atoms with Gasteiger partial charge in [-0.15, -0.1) is 0 Å². The van der Waals surface area contributed by atoms with Gasteiger partial charge in [0.1, 0.15) is 0 Å². The van der Waals surface area contributed by atoms with Crippen LogP contribution in [0.25, 0.3) is 0 Å². The van der Waals surface area contributed by atoms with E-state index in [0.717, 1.165) is 0 Å². The molecule has 0 saturated carbocycles. The largest absolute Gasteiger partial charge is 0 e. The molecular formula is CHFeO2Zn. The predicted octanol–water partition coefficient (Wildman–Crippen LogP) is 0.209. The topological polar surface area (TPSA) is 37.3 Å². The van der Waals surface area contributed by atoms with Crippen molar-refractivity contribution in [3.8, 4) is 0 Å². The molecule has 0 atom stereocenters. The van der Waals surface area contributed by atoms with E-state index in [2.05, 4.69) is 0 Å². The van der Waals surface area contributed by atoms with Crippen LogP contribution in [0.1, 0.15) is 0 Å².